The highest BCUT2D eigenvalue weighted by Gasteiger charge is 2.24. The molecule has 1 aromatic rings. The highest BCUT2D eigenvalue weighted by molar-refractivity contribution is 7.80. The fraction of sp³-hybridized carbons (Fsp3) is 0.357. The maximum Gasteiger partial charge on any atom is 0.292 e. The number of thiocarbonyl (C=S) groups is 1. The molecule has 0 saturated heterocycles. The van der Waals surface area contributed by atoms with Crippen LogP contribution in [0.5, 0.6) is 0 Å². The number of rotatable bonds is 6. The Kier molecular flexibility index (Phi) is 5.64. The number of anilines is 1. The van der Waals surface area contributed by atoms with Crippen LogP contribution in [0.1, 0.15) is 18.9 Å². The lowest BCUT2D eigenvalue weighted by molar-refractivity contribution is -0.384. The second kappa shape index (κ2) is 7.68. The second-order valence-electron chi connectivity index (χ2n) is 5.34. The summed E-state index contributed by atoms with van der Waals surface area (Å²) in [7, 11) is 0. The Balaban J connectivity index is 2.19. The van der Waals surface area contributed by atoms with Crippen molar-refractivity contribution < 1.29 is 9.72 Å². The zero-order chi connectivity index (χ0) is 17.7. The number of nitrogens with one attached hydrogen (secondary N) is 3. The normalized spacial score (nSPS) is 16.8. The van der Waals surface area contributed by atoms with Crippen LogP contribution >= 0.6 is 12.2 Å². The maximum absolute atomic E-state index is 11.3. The lowest BCUT2D eigenvalue weighted by Gasteiger charge is -2.19. The van der Waals surface area contributed by atoms with Crippen LogP contribution in [-0.4, -0.2) is 34.7 Å². The molecule has 0 bridgehead atoms. The van der Waals surface area contributed by atoms with Crippen LogP contribution in [0, 0.1) is 16.0 Å². The van der Waals surface area contributed by atoms with Gasteiger partial charge in [0.1, 0.15) is 5.69 Å². The van der Waals surface area contributed by atoms with Gasteiger partial charge in [-0.15, -0.1) is 0 Å². The van der Waals surface area contributed by atoms with E-state index in [4.69, 9.17) is 5.73 Å². The van der Waals surface area contributed by atoms with Gasteiger partial charge in [-0.2, -0.15) is 5.10 Å². The molecule has 2 rings (SSSR count). The summed E-state index contributed by atoms with van der Waals surface area (Å²) in [6.07, 6.45) is 0.303. The van der Waals surface area contributed by atoms with Gasteiger partial charge in [-0.3, -0.25) is 14.9 Å². The van der Waals surface area contributed by atoms with Crippen molar-refractivity contribution in [3.05, 3.63) is 33.9 Å². The quantitative estimate of drug-likeness (QED) is 0.257. The molecule has 1 unspecified atom stereocenters. The Hall–Kier alpha value is -2.75. The first kappa shape index (κ1) is 17.6. The summed E-state index contributed by atoms with van der Waals surface area (Å²) in [5.41, 5.74) is 9.29. The lowest BCUT2D eigenvalue weighted by atomic mass is 9.93. The molecule has 1 aliphatic rings. The van der Waals surface area contributed by atoms with E-state index in [0.717, 1.165) is 0 Å². The summed E-state index contributed by atoms with van der Waals surface area (Å²) in [6, 6.07) is 4.82. The number of nitrogens with two attached hydrogens (primary N) is 1. The van der Waals surface area contributed by atoms with Crippen LogP contribution in [0.25, 0.3) is 0 Å². The molecule has 1 aromatic carbocycles. The van der Waals surface area contributed by atoms with Crippen molar-refractivity contribution in [2.75, 3.05) is 18.4 Å². The average Bonchev–Trinajstić information content (AvgIpc) is 2.51. The third-order valence-corrected chi connectivity index (χ3v) is 3.63. The minimum absolute atomic E-state index is 0.0605. The van der Waals surface area contributed by atoms with Crippen molar-refractivity contribution >= 4 is 40.3 Å². The van der Waals surface area contributed by atoms with E-state index in [9.17, 15) is 14.9 Å². The molecule has 128 valence electrons. The number of hydrogen-bond donors (Lipinski definition) is 4. The van der Waals surface area contributed by atoms with Gasteiger partial charge < -0.3 is 16.4 Å². The Morgan fingerprint density at radius 2 is 2.29 bits per heavy atom. The summed E-state index contributed by atoms with van der Waals surface area (Å²) in [6.45, 7) is 2.73. The van der Waals surface area contributed by atoms with Gasteiger partial charge in [-0.05, 0) is 18.3 Å². The molecule has 0 aromatic heterocycles. The third kappa shape index (κ3) is 4.38. The van der Waals surface area contributed by atoms with Gasteiger partial charge in [0.2, 0.25) is 5.91 Å². The lowest BCUT2D eigenvalue weighted by Crippen LogP contribution is -2.33. The maximum atomic E-state index is 11.3. The van der Waals surface area contributed by atoms with Gasteiger partial charge in [-0.1, -0.05) is 13.0 Å². The Bertz CT molecular complexity index is 706. The first-order valence-corrected chi connectivity index (χ1v) is 7.71. The van der Waals surface area contributed by atoms with Crippen LogP contribution in [0.15, 0.2) is 23.3 Å². The highest BCUT2D eigenvalue weighted by atomic mass is 32.1. The first-order valence-electron chi connectivity index (χ1n) is 7.31. The summed E-state index contributed by atoms with van der Waals surface area (Å²) in [5.74, 6) is -0.267. The van der Waals surface area contributed by atoms with Crippen molar-refractivity contribution in [1.82, 2.24) is 10.7 Å². The van der Waals surface area contributed by atoms with E-state index >= 15 is 0 Å². The van der Waals surface area contributed by atoms with E-state index in [-0.39, 0.29) is 22.6 Å². The molecule has 0 saturated carbocycles. The zero-order valence-electron chi connectivity index (χ0n) is 13.0. The average molecular weight is 350 g/mol. The predicted octanol–water partition coefficient (Wildman–Crippen LogP) is 0.700. The molecular weight excluding hydrogens is 332 g/mol. The van der Waals surface area contributed by atoms with Gasteiger partial charge in [0.25, 0.3) is 5.69 Å². The van der Waals surface area contributed by atoms with E-state index in [1.807, 2.05) is 6.92 Å². The van der Waals surface area contributed by atoms with Crippen LogP contribution < -0.4 is 21.8 Å². The van der Waals surface area contributed by atoms with Crippen LogP contribution in [0.2, 0.25) is 0 Å². The van der Waals surface area contributed by atoms with Crippen molar-refractivity contribution in [1.29, 1.82) is 0 Å². The summed E-state index contributed by atoms with van der Waals surface area (Å²) < 4.78 is 0. The Labute approximate surface area is 143 Å². The predicted molar refractivity (Wildman–Crippen MR) is 94.8 cm³/mol. The largest absolute Gasteiger partial charge is 0.378 e. The fourth-order valence-corrected chi connectivity index (χ4v) is 2.48. The number of amides is 1. The smallest absolute Gasteiger partial charge is 0.292 e. The standard InChI is InChI=1S/C14H18N6O3S/c1-8-6-12(21)18-19-13(8)9-2-3-10(11(7-9)20(22)23)16-4-5-17-14(15)24/h2-3,7-8,16H,4-6H2,1H3,(H,18,21)(H3,15,17,24). The molecule has 5 N–H and O–H groups in total. The number of nitrogens with zero attached hydrogens (tertiary/aromatic N) is 2. The molecule has 9 nitrogen and oxygen atoms in total. The van der Waals surface area contributed by atoms with Crippen LogP contribution in [-0.2, 0) is 4.79 Å². The first-order chi connectivity index (χ1) is 11.4. The van der Waals surface area contributed by atoms with E-state index in [2.05, 4.69) is 33.4 Å². The highest BCUT2D eigenvalue weighted by Crippen LogP contribution is 2.27. The Morgan fingerprint density at radius 3 is 2.92 bits per heavy atom. The molecule has 1 amide bonds. The van der Waals surface area contributed by atoms with Gasteiger partial charge >= 0.3 is 0 Å². The molecule has 10 heteroatoms. The molecule has 1 atom stereocenters. The van der Waals surface area contributed by atoms with E-state index in [1.165, 1.54) is 6.07 Å². The zero-order valence-corrected chi connectivity index (χ0v) is 13.9. The van der Waals surface area contributed by atoms with Crippen molar-refractivity contribution in [3.8, 4) is 0 Å². The third-order valence-electron chi connectivity index (χ3n) is 3.49. The number of carbonyl (C=O) groups excluding carboxylic acids is 1. The number of benzene rings is 1. The minimum atomic E-state index is -0.459. The topological polar surface area (TPSA) is 135 Å². The summed E-state index contributed by atoms with van der Waals surface area (Å²) >= 11 is 4.69. The molecule has 0 fully saturated rings. The number of hydrogen-bond acceptors (Lipinski definition) is 6. The number of nitro benzene ring substituents is 1. The van der Waals surface area contributed by atoms with Gasteiger partial charge in [0.15, 0.2) is 5.11 Å². The van der Waals surface area contributed by atoms with Crippen molar-refractivity contribution in [2.45, 2.75) is 13.3 Å². The summed E-state index contributed by atoms with van der Waals surface area (Å²) in [4.78, 5) is 22.2. The van der Waals surface area contributed by atoms with Crippen molar-refractivity contribution in [2.24, 2.45) is 16.8 Å². The van der Waals surface area contributed by atoms with E-state index in [0.29, 0.717) is 36.5 Å². The molecule has 24 heavy (non-hydrogen) atoms. The summed E-state index contributed by atoms with van der Waals surface area (Å²) in [5, 5.41) is 21.3. The van der Waals surface area contributed by atoms with E-state index < -0.39 is 4.92 Å². The van der Waals surface area contributed by atoms with Gasteiger partial charge in [-0.25, -0.2) is 5.43 Å². The molecule has 0 radical (unpaired) electrons. The SMILES string of the molecule is CC1CC(=O)NN=C1c1ccc(NCCNC(N)=S)c([N+](=O)[O-])c1. The number of carbonyl (C=O) groups is 1. The molecular formula is C14H18N6O3S. The molecule has 0 spiro atoms. The number of hydrazone groups is 1. The van der Waals surface area contributed by atoms with E-state index in [1.54, 1.807) is 12.1 Å². The van der Waals surface area contributed by atoms with Crippen LogP contribution in [0.3, 0.4) is 0 Å². The van der Waals surface area contributed by atoms with Crippen LogP contribution in [0.4, 0.5) is 11.4 Å². The second-order valence-corrected chi connectivity index (χ2v) is 5.78. The minimum Gasteiger partial charge on any atom is -0.378 e. The van der Waals surface area contributed by atoms with Gasteiger partial charge in [0.05, 0.1) is 10.6 Å². The monoisotopic (exact) mass is 350 g/mol. The molecule has 0 aliphatic carbocycles. The van der Waals surface area contributed by atoms with Crippen molar-refractivity contribution in [3.63, 3.8) is 0 Å². The molecule has 1 heterocycles. The Morgan fingerprint density at radius 1 is 1.54 bits per heavy atom. The fourth-order valence-electron chi connectivity index (χ4n) is 2.38. The number of nitro groups is 1. The van der Waals surface area contributed by atoms with Gasteiger partial charge in [0, 0.05) is 37.1 Å². The molecule has 1 aliphatic heterocycles.